The predicted molar refractivity (Wildman–Crippen MR) is 116 cm³/mol. The minimum absolute atomic E-state index is 0.172. The largest absolute Gasteiger partial charge is 0.416 e. The quantitative estimate of drug-likeness (QED) is 0.596. The average molecular weight is 458 g/mol. The Balaban J connectivity index is 1.40. The molecular weight excluding hydrogens is 433 g/mol. The maximum atomic E-state index is 13.3. The van der Waals surface area contributed by atoms with Crippen molar-refractivity contribution in [2.24, 2.45) is 0 Å². The summed E-state index contributed by atoms with van der Waals surface area (Å²) < 4.78 is 41.1. The van der Waals surface area contributed by atoms with Crippen molar-refractivity contribution in [2.75, 3.05) is 26.2 Å². The predicted octanol–water partition coefficient (Wildman–Crippen LogP) is 3.90. The van der Waals surface area contributed by atoms with Crippen molar-refractivity contribution in [3.05, 3.63) is 47.9 Å². The van der Waals surface area contributed by atoms with Crippen LogP contribution in [0.1, 0.15) is 48.2 Å². The molecule has 2 aromatic heterocycles. The number of amides is 1. The zero-order valence-electron chi connectivity index (χ0n) is 18.1. The number of rotatable bonds is 3. The smallest absolute Gasteiger partial charge is 0.337 e. The third kappa shape index (κ3) is 4.44. The number of aromatic nitrogens is 4. The van der Waals surface area contributed by atoms with Gasteiger partial charge in [0.05, 0.1) is 5.56 Å². The fraction of sp³-hybridized carbons (Fsp3) is 0.478. The lowest BCUT2D eigenvalue weighted by Crippen LogP contribution is -2.48. The first-order valence-corrected chi connectivity index (χ1v) is 11.3. The van der Waals surface area contributed by atoms with Gasteiger partial charge >= 0.3 is 6.18 Å². The number of carbonyl (C=O) groups excluding carboxylic acids is 1. The van der Waals surface area contributed by atoms with Crippen LogP contribution in [0.3, 0.4) is 0 Å². The second-order valence-electron chi connectivity index (χ2n) is 8.74. The van der Waals surface area contributed by atoms with Gasteiger partial charge in [-0.3, -0.25) is 4.79 Å². The monoisotopic (exact) mass is 458 g/mol. The third-order valence-electron chi connectivity index (χ3n) is 6.65. The Morgan fingerprint density at radius 1 is 1.00 bits per heavy atom. The summed E-state index contributed by atoms with van der Waals surface area (Å²) in [7, 11) is 0. The van der Waals surface area contributed by atoms with Crippen molar-refractivity contribution in [3.8, 4) is 11.1 Å². The van der Waals surface area contributed by atoms with Crippen molar-refractivity contribution < 1.29 is 18.0 Å². The van der Waals surface area contributed by atoms with Crippen LogP contribution in [-0.4, -0.2) is 67.7 Å². The second-order valence-corrected chi connectivity index (χ2v) is 8.74. The van der Waals surface area contributed by atoms with Crippen LogP contribution in [0.4, 0.5) is 13.2 Å². The van der Waals surface area contributed by atoms with E-state index < -0.39 is 11.7 Å². The van der Waals surface area contributed by atoms with Crippen molar-refractivity contribution in [1.82, 2.24) is 29.6 Å². The normalized spacial score (nSPS) is 18.7. The lowest BCUT2D eigenvalue weighted by Gasteiger charge is -2.40. The topological polar surface area (TPSA) is 66.6 Å². The van der Waals surface area contributed by atoms with E-state index in [0.717, 1.165) is 38.1 Å². The van der Waals surface area contributed by atoms with Gasteiger partial charge in [0.2, 0.25) is 0 Å². The molecule has 5 rings (SSSR count). The molecule has 0 radical (unpaired) electrons. The van der Waals surface area contributed by atoms with Crippen LogP contribution in [0.25, 0.3) is 16.8 Å². The Labute approximate surface area is 189 Å². The van der Waals surface area contributed by atoms with Crippen LogP contribution in [0.2, 0.25) is 0 Å². The zero-order valence-corrected chi connectivity index (χ0v) is 18.1. The number of hydrogen-bond acceptors (Lipinski definition) is 5. The Kier molecular flexibility index (Phi) is 5.77. The molecule has 33 heavy (non-hydrogen) atoms. The number of nitrogens with zero attached hydrogens (tertiary/aromatic N) is 6. The van der Waals surface area contributed by atoms with Crippen LogP contribution in [0.5, 0.6) is 0 Å². The van der Waals surface area contributed by atoms with Crippen molar-refractivity contribution in [1.29, 1.82) is 0 Å². The highest BCUT2D eigenvalue weighted by atomic mass is 19.4. The summed E-state index contributed by atoms with van der Waals surface area (Å²) in [6.45, 7) is 3.54. The van der Waals surface area contributed by atoms with E-state index in [1.54, 1.807) is 11.0 Å². The molecular formula is C23H25F3N6O. The van der Waals surface area contributed by atoms with E-state index in [0.29, 0.717) is 35.9 Å². The molecule has 0 aliphatic carbocycles. The van der Waals surface area contributed by atoms with Crippen molar-refractivity contribution in [2.45, 2.75) is 44.3 Å². The minimum atomic E-state index is -4.47. The van der Waals surface area contributed by atoms with Gasteiger partial charge in [-0.1, -0.05) is 18.6 Å². The summed E-state index contributed by atoms with van der Waals surface area (Å²) in [6.07, 6.45) is 2.48. The van der Waals surface area contributed by atoms with Gasteiger partial charge in [-0.25, -0.2) is 0 Å². The molecule has 174 valence electrons. The van der Waals surface area contributed by atoms with Crippen LogP contribution in [-0.2, 0) is 6.18 Å². The van der Waals surface area contributed by atoms with Crippen LogP contribution in [0, 0.1) is 0 Å². The molecule has 0 saturated carbocycles. The lowest BCUT2D eigenvalue weighted by atomic mass is 9.99. The summed E-state index contributed by atoms with van der Waals surface area (Å²) in [5.41, 5.74) is 0.409. The van der Waals surface area contributed by atoms with E-state index in [-0.39, 0.29) is 11.6 Å². The Bertz CT molecular complexity index is 1150. The van der Waals surface area contributed by atoms with E-state index in [2.05, 4.69) is 20.2 Å². The fourth-order valence-electron chi connectivity index (χ4n) is 4.89. The molecule has 0 bridgehead atoms. The first kappa shape index (κ1) is 21.8. The molecule has 7 nitrogen and oxygen atoms in total. The zero-order chi connectivity index (χ0) is 23.0. The standard InChI is InChI=1S/C23H25F3N6O/c24-23(25,26)17-6-4-5-16(13-17)19-14-20(29-32-15-27-28-21(19)32)22(33)31-11-7-18(8-12-31)30-9-2-1-3-10-30/h4-6,13-15,18H,1-3,7-12H2. The van der Waals surface area contributed by atoms with Crippen LogP contribution in [0.15, 0.2) is 36.7 Å². The van der Waals surface area contributed by atoms with Gasteiger partial charge in [-0.2, -0.15) is 22.8 Å². The summed E-state index contributed by atoms with van der Waals surface area (Å²) in [5.74, 6) is -0.226. The second kappa shape index (κ2) is 8.74. The van der Waals surface area contributed by atoms with Gasteiger partial charge < -0.3 is 9.80 Å². The summed E-state index contributed by atoms with van der Waals surface area (Å²) in [5, 5.41) is 12.2. The highest BCUT2D eigenvalue weighted by Crippen LogP contribution is 2.33. The molecule has 10 heteroatoms. The Morgan fingerprint density at radius 2 is 1.76 bits per heavy atom. The van der Waals surface area contributed by atoms with E-state index in [1.807, 2.05) is 0 Å². The van der Waals surface area contributed by atoms with Gasteiger partial charge in [0.1, 0.15) is 12.0 Å². The molecule has 4 heterocycles. The molecule has 2 aliphatic rings. The molecule has 1 aromatic carbocycles. The molecule has 0 spiro atoms. The lowest BCUT2D eigenvalue weighted by molar-refractivity contribution is -0.137. The summed E-state index contributed by atoms with van der Waals surface area (Å²) in [6, 6.07) is 7.02. The van der Waals surface area contributed by atoms with Crippen LogP contribution < -0.4 is 0 Å². The van der Waals surface area contributed by atoms with E-state index in [1.165, 1.54) is 42.2 Å². The first-order chi connectivity index (χ1) is 15.9. The number of halogens is 3. The molecule has 0 atom stereocenters. The Hall–Kier alpha value is -3.01. The third-order valence-corrected chi connectivity index (χ3v) is 6.65. The molecule has 2 fully saturated rings. The number of likely N-dealkylation sites (tertiary alicyclic amines) is 2. The molecule has 2 aliphatic heterocycles. The summed E-state index contributed by atoms with van der Waals surface area (Å²) in [4.78, 5) is 17.6. The molecule has 3 aromatic rings. The van der Waals surface area contributed by atoms with E-state index >= 15 is 0 Å². The number of fused-ring (bicyclic) bond motifs is 1. The average Bonchev–Trinajstić information content (AvgIpc) is 3.32. The number of hydrogen-bond donors (Lipinski definition) is 0. The van der Waals surface area contributed by atoms with Crippen molar-refractivity contribution in [3.63, 3.8) is 0 Å². The first-order valence-electron chi connectivity index (χ1n) is 11.3. The molecule has 2 saturated heterocycles. The van der Waals surface area contributed by atoms with E-state index in [9.17, 15) is 18.0 Å². The highest BCUT2D eigenvalue weighted by Gasteiger charge is 2.32. The van der Waals surface area contributed by atoms with Gasteiger partial charge in [-0.15, -0.1) is 10.2 Å². The molecule has 1 amide bonds. The Morgan fingerprint density at radius 3 is 2.48 bits per heavy atom. The number of alkyl halides is 3. The number of carbonyl (C=O) groups is 1. The van der Waals surface area contributed by atoms with Gasteiger partial charge in [0, 0.05) is 24.7 Å². The van der Waals surface area contributed by atoms with Gasteiger partial charge in [0.15, 0.2) is 5.65 Å². The minimum Gasteiger partial charge on any atom is -0.337 e. The number of piperidine rings is 2. The maximum absolute atomic E-state index is 13.3. The van der Waals surface area contributed by atoms with Crippen molar-refractivity contribution >= 4 is 11.6 Å². The summed E-state index contributed by atoms with van der Waals surface area (Å²) >= 11 is 0. The molecule has 0 N–H and O–H groups in total. The van der Waals surface area contributed by atoms with E-state index in [4.69, 9.17) is 0 Å². The van der Waals surface area contributed by atoms with Gasteiger partial charge in [0.25, 0.3) is 5.91 Å². The highest BCUT2D eigenvalue weighted by molar-refractivity contribution is 5.94. The maximum Gasteiger partial charge on any atom is 0.416 e. The van der Waals surface area contributed by atoms with Gasteiger partial charge in [-0.05, 0) is 62.5 Å². The molecule has 0 unspecified atom stereocenters. The van der Waals surface area contributed by atoms with Crippen LogP contribution >= 0.6 is 0 Å². The number of benzene rings is 1. The SMILES string of the molecule is O=C(c1cc(-c2cccc(C(F)(F)F)c2)c2nncn2n1)N1CCC(N2CCCCC2)CC1. The fourth-order valence-corrected chi connectivity index (χ4v) is 4.89.